The molecule has 0 radical (unpaired) electrons. The molecule has 0 aliphatic rings. The van der Waals surface area contributed by atoms with Crippen molar-refractivity contribution in [2.75, 3.05) is 6.61 Å². The smallest absolute Gasteiger partial charge is 0.159 e. The second-order valence-corrected chi connectivity index (χ2v) is 10.4. The number of halogens is 2. The summed E-state index contributed by atoms with van der Waals surface area (Å²) in [6, 6.07) is 8.50. The Labute approximate surface area is 224 Å². The van der Waals surface area contributed by atoms with Crippen LogP contribution in [0.5, 0.6) is 5.75 Å². The fourth-order valence-electron chi connectivity index (χ4n) is 4.59. The second-order valence-electron chi connectivity index (χ2n) is 10.4. The van der Waals surface area contributed by atoms with Gasteiger partial charge in [0.1, 0.15) is 12.3 Å². The van der Waals surface area contributed by atoms with Crippen molar-refractivity contribution in [2.45, 2.75) is 135 Å². The maximum Gasteiger partial charge on any atom is 0.159 e. The summed E-state index contributed by atoms with van der Waals surface area (Å²) in [6.07, 6.45) is 18.8. The van der Waals surface area contributed by atoms with Crippen molar-refractivity contribution in [1.29, 1.82) is 0 Å². The fraction of sp³-hybridized carbons (Fsp3) is 0.688. The molecular formula is C32H50F2N2O. The molecule has 0 saturated carbocycles. The van der Waals surface area contributed by atoms with E-state index in [0.717, 1.165) is 31.2 Å². The number of rotatable bonds is 22. The van der Waals surface area contributed by atoms with Gasteiger partial charge in [0.05, 0.1) is 19.0 Å². The van der Waals surface area contributed by atoms with Crippen molar-refractivity contribution in [2.24, 2.45) is 0 Å². The Kier molecular flexibility index (Phi) is 16.8. The average molecular weight is 517 g/mol. The standard InChI is InChI=1S/C32H50F2N2O/c1-3-5-7-8-9-10-11-13-15-27-19-21-28(22-20-27)32-35-25-31(26-36-32)37-24-23-30(34)18-14-17-29(33)16-12-6-4-2/h19-22,25-26,29-30H,3-18,23-24H2,1-2H3. The van der Waals surface area contributed by atoms with Crippen molar-refractivity contribution in [3.8, 4) is 17.1 Å². The lowest BCUT2D eigenvalue weighted by Crippen LogP contribution is -2.09. The van der Waals surface area contributed by atoms with Gasteiger partial charge in [-0.3, -0.25) is 0 Å². The summed E-state index contributed by atoms with van der Waals surface area (Å²) < 4.78 is 33.5. The topological polar surface area (TPSA) is 35.0 Å². The first-order chi connectivity index (χ1) is 18.1. The van der Waals surface area contributed by atoms with Gasteiger partial charge in [-0.25, -0.2) is 18.7 Å². The van der Waals surface area contributed by atoms with Crippen LogP contribution in [0.15, 0.2) is 36.7 Å². The van der Waals surface area contributed by atoms with E-state index in [0.29, 0.717) is 43.7 Å². The summed E-state index contributed by atoms with van der Waals surface area (Å²) in [5.74, 6) is 1.20. The lowest BCUT2D eigenvalue weighted by Gasteiger charge is -2.11. The van der Waals surface area contributed by atoms with Gasteiger partial charge in [-0.05, 0) is 44.1 Å². The molecule has 2 unspecified atom stereocenters. The number of aromatic nitrogens is 2. The second kappa shape index (κ2) is 20.0. The monoisotopic (exact) mass is 516 g/mol. The van der Waals surface area contributed by atoms with Crippen LogP contribution in [0.1, 0.15) is 122 Å². The van der Waals surface area contributed by atoms with Gasteiger partial charge in [0.25, 0.3) is 0 Å². The van der Waals surface area contributed by atoms with Crippen LogP contribution in [0.3, 0.4) is 0 Å². The summed E-state index contributed by atoms with van der Waals surface area (Å²) in [5, 5.41) is 0. The number of hydrogen-bond acceptors (Lipinski definition) is 3. The maximum absolute atomic E-state index is 14.1. The molecule has 0 bridgehead atoms. The Balaban J connectivity index is 1.60. The molecule has 2 atom stereocenters. The van der Waals surface area contributed by atoms with Crippen LogP contribution in [-0.4, -0.2) is 28.9 Å². The molecule has 2 rings (SSSR count). The lowest BCUT2D eigenvalue weighted by molar-refractivity contribution is 0.212. The zero-order valence-corrected chi connectivity index (χ0v) is 23.4. The highest BCUT2D eigenvalue weighted by atomic mass is 19.1. The Morgan fingerprint density at radius 3 is 1.84 bits per heavy atom. The number of aryl methyl sites for hydroxylation is 1. The summed E-state index contributed by atoms with van der Waals surface area (Å²) in [4.78, 5) is 8.84. The van der Waals surface area contributed by atoms with Crippen molar-refractivity contribution in [3.63, 3.8) is 0 Å². The van der Waals surface area contributed by atoms with E-state index in [4.69, 9.17) is 4.74 Å². The molecule has 37 heavy (non-hydrogen) atoms. The number of ether oxygens (including phenoxy) is 1. The van der Waals surface area contributed by atoms with Gasteiger partial charge in [0.2, 0.25) is 0 Å². The van der Waals surface area contributed by atoms with E-state index < -0.39 is 12.3 Å². The van der Waals surface area contributed by atoms with Crippen LogP contribution in [0.4, 0.5) is 8.78 Å². The van der Waals surface area contributed by atoms with Gasteiger partial charge in [-0.15, -0.1) is 0 Å². The largest absolute Gasteiger partial charge is 0.490 e. The molecular weight excluding hydrogens is 466 g/mol. The van der Waals surface area contributed by atoms with Crippen LogP contribution in [0.2, 0.25) is 0 Å². The fourth-order valence-corrected chi connectivity index (χ4v) is 4.59. The Morgan fingerprint density at radius 1 is 0.649 bits per heavy atom. The van der Waals surface area contributed by atoms with Crippen molar-refractivity contribution >= 4 is 0 Å². The third-order valence-corrected chi connectivity index (χ3v) is 7.01. The average Bonchev–Trinajstić information content (AvgIpc) is 2.91. The highest BCUT2D eigenvalue weighted by molar-refractivity contribution is 5.55. The molecule has 1 aromatic carbocycles. The Bertz CT molecular complexity index is 797. The number of nitrogens with zero attached hydrogens (tertiary/aromatic N) is 2. The molecule has 2 aromatic rings. The number of hydrogen-bond donors (Lipinski definition) is 0. The molecule has 0 spiro atoms. The van der Waals surface area contributed by atoms with E-state index in [1.807, 2.05) is 0 Å². The molecule has 3 nitrogen and oxygen atoms in total. The molecule has 1 heterocycles. The Morgan fingerprint density at radius 2 is 1.19 bits per heavy atom. The SMILES string of the molecule is CCCCCCCCCCc1ccc(-c2ncc(OCCC(F)CCCC(F)CCCCC)cn2)cc1. The molecule has 0 fully saturated rings. The van der Waals surface area contributed by atoms with Crippen molar-refractivity contribution in [1.82, 2.24) is 9.97 Å². The predicted octanol–water partition coefficient (Wildman–Crippen LogP) is 10.0. The first kappa shape index (κ1) is 31.2. The molecule has 208 valence electrons. The van der Waals surface area contributed by atoms with Crippen LogP contribution in [0, 0.1) is 0 Å². The van der Waals surface area contributed by atoms with Crippen molar-refractivity contribution < 1.29 is 13.5 Å². The minimum Gasteiger partial charge on any atom is -0.490 e. The molecule has 1 aromatic heterocycles. The van der Waals surface area contributed by atoms with E-state index in [1.165, 1.54) is 56.9 Å². The minimum absolute atomic E-state index is 0.271. The zero-order valence-electron chi connectivity index (χ0n) is 23.4. The van der Waals surface area contributed by atoms with Crippen LogP contribution in [-0.2, 0) is 6.42 Å². The number of unbranched alkanes of at least 4 members (excludes halogenated alkanes) is 9. The van der Waals surface area contributed by atoms with Gasteiger partial charge >= 0.3 is 0 Å². The maximum atomic E-state index is 14.1. The predicted molar refractivity (Wildman–Crippen MR) is 152 cm³/mol. The van der Waals surface area contributed by atoms with Crippen LogP contribution < -0.4 is 4.74 Å². The van der Waals surface area contributed by atoms with E-state index >= 15 is 0 Å². The normalized spacial score (nSPS) is 13.0. The first-order valence-corrected chi connectivity index (χ1v) is 14.9. The van der Waals surface area contributed by atoms with E-state index in [-0.39, 0.29) is 6.61 Å². The van der Waals surface area contributed by atoms with Gasteiger partial charge in [-0.1, -0.05) is 102 Å². The molecule has 0 amide bonds. The molecule has 0 N–H and O–H groups in total. The number of alkyl halides is 2. The highest BCUT2D eigenvalue weighted by Crippen LogP contribution is 2.20. The van der Waals surface area contributed by atoms with Crippen molar-refractivity contribution in [3.05, 3.63) is 42.2 Å². The molecule has 0 saturated heterocycles. The third kappa shape index (κ3) is 14.5. The van der Waals surface area contributed by atoms with Gasteiger partial charge < -0.3 is 4.74 Å². The zero-order chi connectivity index (χ0) is 26.6. The Hall–Kier alpha value is -2.04. The summed E-state index contributed by atoms with van der Waals surface area (Å²) >= 11 is 0. The van der Waals surface area contributed by atoms with E-state index in [2.05, 4.69) is 48.1 Å². The van der Waals surface area contributed by atoms with E-state index in [9.17, 15) is 8.78 Å². The summed E-state index contributed by atoms with van der Waals surface area (Å²) in [7, 11) is 0. The van der Waals surface area contributed by atoms with Gasteiger partial charge in [0, 0.05) is 12.0 Å². The molecule has 5 heteroatoms. The van der Waals surface area contributed by atoms with Gasteiger partial charge in [-0.2, -0.15) is 0 Å². The number of benzene rings is 1. The van der Waals surface area contributed by atoms with Crippen LogP contribution in [0.25, 0.3) is 11.4 Å². The quantitative estimate of drug-likeness (QED) is 0.146. The first-order valence-electron chi connectivity index (χ1n) is 14.9. The van der Waals surface area contributed by atoms with Crippen LogP contribution >= 0.6 is 0 Å². The van der Waals surface area contributed by atoms with E-state index in [1.54, 1.807) is 12.4 Å². The highest BCUT2D eigenvalue weighted by Gasteiger charge is 2.11. The molecule has 0 aliphatic carbocycles. The summed E-state index contributed by atoms with van der Waals surface area (Å²) in [5.41, 5.74) is 2.34. The summed E-state index contributed by atoms with van der Waals surface area (Å²) in [6.45, 7) is 4.64. The lowest BCUT2D eigenvalue weighted by atomic mass is 10.0. The minimum atomic E-state index is -0.965. The van der Waals surface area contributed by atoms with Gasteiger partial charge in [0.15, 0.2) is 11.6 Å². The third-order valence-electron chi connectivity index (χ3n) is 7.01. The molecule has 0 aliphatic heterocycles.